The molecule has 9 heteroatoms. The standard InChI is InChI=1S/C19H24FN3O4S/c1-12-16(13(2)23(21-12)15-7-8-28(25,26)11-15)10-22(3)19(24)14-5-6-18(27-4)17(20)9-14/h5-6,9,15H,7-8,10-11H2,1-4H3/t15-/m1/s1. The molecule has 0 radical (unpaired) electrons. The summed E-state index contributed by atoms with van der Waals surface area (Å²) < 4.78 is 44.1. The number of methoxy groups -OCH3 is 1. The molecule has 1 aliphatic rings. The van der Waals surface area contributed by atoms with Gasteiger partial charge in [0.25, 0.3) is 5.91 Å². The van der Waals surface area contributed by atoms with Crippen LogP contribution in [0.15, 0.2) is 18.2 Å². The molecular weight excluding hydrogens is 385 g/mol. The van der Waals surface area contributed by atoms with E-state index < -0.39 is 15.7 Å². The fraction of sp³-hybridized carbons (Fsp3) is 0.474. The summed E-state index contributed by atoms with van der Waals surface area (Å²) in [6.45, 7) is 4.02. The third-order valence-corrected chi connectivity index (χ3v) is 6.92. The fourth-order valence-electron chi connectivity index (χ4n) is 3.58. The molecule has 0 unspecified atom stereocenters. The zero-order valence-electron chi connectivity index (χ0n) is 16.4. The van der Waals surface area contributed by atoms with Gasteiger partial charge in [0.15, 0.2) is 21.4 Å². The topological polar surface area (TPSA) is 81.5 Å². The van der Waals surface area contributed by atoms with Crippen LogP contribution in [0.25, 0.3) is 0 Å². The van der Waals surface area contributed by atoms with Crippen molar-refractivity contribution in [1.29, 1.82) is 0 Å². The number of nitrogens with zero attached hydrogens (tertiary/aromatic N) is 3. The second-order valence-corrected chi connectivity index (χ2v) is 9.39. The Balaban J connectivity index is 1.80. The van der Waals surface area contributed by atoms with Crippen molar-refractivity contribution < 1.29 is 22.3 Å². The molecule has 3 rings (SSSR count). The normalized spacial score (nSPS) is 18.2. The number of halogens is 1. The molecule has 2 heterocycles. The number of aromatic nitrogens is 2. The highest BCUT2D eigenvalue weighted by atomic mass is 32.2. The molecule has 1 aliphatic heterocycles. The molecule has 1 aromatic carbocycles. The molecular formula is C19H24FN3O4S. The van der Waals surface area contributed by atoms with Crippen molar-refractivity contribution in [2.75, 3.05) is 25.7 Å². The van der Waals surface area contributed by atoms with Gasteiger partial charge in [-0.05, 0) is 38.5 Å². The van der Waals surface area contributed by atoms with Crippen molar-refractivity contribution >= 4 is 15.7 Å². The van der Waals surface area contributed by atoms with Gasteiger partial charge in [-0.15, -0.1) is 0 Å². The van der Waals surface area contributed by atoms with E-state index in [1.165, 1.54) is 24.1 Å². The quantitative estimate of drug-likeness (QED) is 0.757. The van der Waals surface area contributed by atoms with Gasteiger partial charge in [-0.3, -0.25) is 9.48 Å². The summed E-state index contributed by atoms with van der Waals surface area (Å²) in [5.41, 5.74) is 2.70. The molecule has 1 atom stereocenters. The average molecular weight is 409 g/mol. The molecule has 2 aromatic rings. The average Bonchev–Trinajstić information content (AvgIpc) is 3.14. The number of aryl methyl sites for hydroxylation is 1. The molecule has 152 valence electrons. The molecule has 1 saturated heterocycles. The second-order valence-electron chi connectivity index (χ2n) is 7.16. The molecule has 1 fully saturated rings. The number of carbonyl (C=O) groups excluding carboxylic acids is 1. The molecule has 0 aliphatic carbocycles. The van der Waals surface area contributed by atoms with E-state index in [2.05, 4.69) is 5.10 Å². The summed E-state index contributed by atoms with van der Waals surface area (Å²) in [7, 11) is -0.0120. The summed E-state index contributed by atoms with van der Waals surface area (Å²) in [6, 6.07) is 3.93. The van der Waals surface area contributed by atoms with Gasteiger partial charge in [0.2, 0.25) is 0 Å². The van der Waals surface area contributed by atoms with Gasteiger partial charge in [0.05, 0.1) is 30.4 Å². The maximum atomic E-state index is 13.9. The minimum Gasteiger partial charge on any atom is -0.494 e. The molecule has 0 N–H and O–H groups in total. The molecule has 1 amide bonds. The number of hydrogen-bond acceptors (Lipinski definition) is 5. The third kappa shape index (κ3) is 3.89. The number of ether oxygens (including phenoxy) is 1. The van der Waals surface area contributed by atoms with E-state index in [-0.39, 0.29) is 34.8 Å². The van der Waals surface area contributed by atoms with Gasteiger partial charge < -0.3 is 9.64 Å². The number of benzene rings is 1. The number of rotatable bonds is 5. The van der Waals surface area contributed by atoms with E-state index in [0.29, 0.717) is 13.0 Å². The lowest BCUT2D eigenvalue weighted by Crippen LogP contribution is -2.27. The largest absolute Gasteiger partial charge is 0.494 e. The molecule has 0 bridgehead atoms. The van der Waals surface area contributed by atoms with Crippen LogP contribution in [0.5, 0.6) is 5.75 Å². The smallest absolute Gasteiger partial charge is 0.254 e. The maximum absolute atomic E-state index is 13.9. The fourth-order valence-corrected chi connectivity index (χ4v) is 5.27. The van der Waals surface area contributed by atoms with Crippen molar-refractivity contribution in [2.45, 2.75) is 32.9 Å². The molecule has 0 saturated carbocycles. The lowest BCUT2D eigenvalue weighted by atomic mass is 10.1. The van der Waals surface area contributed by atoms with E-state index in [1.807, 2.05) is 13.8 Å². The van der Waals surface area contributed by atoms with Crippen LogP contribution >= 0.6 is 0 Å². The minimum absolute atomic E-state index is 0.0821. The van der Waals surface area contributed by atoms with Crippen LogP contribution in [0.4, 0.5) is 4.39 Å². The summed E-state index contributed by atoms with van der Waals surface area (Å²) in [6.07, 6.45) is 0.545. The van der Waals surface area contributed by atoms with Crippen LogP contribution in [0, 0.1) is 19.7 Å². The second kappa shape index (κ2) is 7.54. The predicted molar refractivity (Wildman–Crippen MR) is 103 cm³/mol. The maximum Gasteiger partial charge on any atom is 0.254 e. The van der Waals surface area contributed by atoms with E-state index in [4.69, 9.17) is 4.74 Å². The van der Waals surface area contributed by atoms with Gasteiger partial charge in [-0.25, -0.2) is 12.8 Å². The Hall–Kier alpha value is -2.42. The first kappa shape index (κ1) is 20.3. The highest BCUT2D eigenvalue weighted by Crippen LogP contribution is 2.27. The predicted octanol–water partition coefficient (Wildman–Crippen LogP) is 2.28. The molecule has 1 aromatic heterocycles. The van der Waals surface area contributed by atoms with E-state index in [0.717, 1.165) is 23.0 Å². The minimum atomic E-state index is -3.02. The first-order chi connectivity index (χ1) is 13.1. The van der Waals surface area contributed by atoms with Gasteiger partial charge in [-0.2, -0.15) is 5.10 Å². The first-order valence-electron chi connectivity index (χ1n) is 8.97. The van der Waals surface area contributed by atoms with Crippen LogP contribution in [0.1, 0.15) is 39.8 Å². The number of sulfone groups is 1. The van der Waals surface area contributed by atoms with E-state index in [9.17, 15) is 17.6 Å². The van der Waals surface area contributed by atoms with E-state index >= 15 is 0 Å². The van der Waals surface area contributed by atoms with Gasteiger partial charge in [-0.1, -0.05) is 0 Å². The number of hydrogen-bond donors (Lipinski definition) is 0. The van der Waals surface area contributed by atoms with Crippen molar-refractivity contribution in [3.8, 4) is 5.75 Å². The summed E-state index contributed by atoms with van der Waals surface area (Å²) in [5, 5.41) is 4.52. The van der Waals surface area contributed by atoms with Crippen LogP contribution in [-0.2, 0) is 16.4 Å². The van der Waals surface area contributed by atoms with Crippen molar-refractivity contribution in [2.24, 2.45) is 0 Å². The summed E-state index contributed by atoms with van der Waals surface area (Å²) >= 11 is 0. The Labute approximate surface area is 164 Å². The zero-order chi connectivity index (χ0) is 20.6. The van der Waals surface area contributed by atoms with Crippen molar-refractivity contribution in [3.05, 3.63) is 46.5 Å². The van der Waals surface area contributed by atoms with Gasteiger partial charge in [0.1, 0.15) is 0 Å². The van der Waals surface area contributed by atoms with Gasteiger partial charge in [0, 0.05) is 30.4 Å². The third-order valence-electron chi connectivity index (χ3n) is 5.17. The molecule has 0 spiro atoms. The Morgan fingerprint density at radius 3 is 2.68 bits per heavy atom. The van der Waals surface area contributed by atoms with Crippen molar-refractivity contribution in [3.63, 3.8) is 0 Å². The highest BCUT2D eigenvalue weighted by Gasteiger charge is 2.31. The Morgan fingerprint density at radius 1 is 1.39 bits per heavy atom. The van der Waals surface area contributed by atoms with E-state index in [1.54, 1.807) is 11.7 Å². The van der Waals surface area contributed by atoms with Crippen molar-refractivity contribution in [1.82, 2.24) is 14.7 Å². The molecule has 7 nitrogen and oxygen atoms in total. The Kier molecular flexibility index (Phi) is 5.47. The van der Waals surface area contributed by atoms with Crippen LogP contribution in [0.3, 0.4) is 0 Å². The number of carbonyl (C=O) groups is 1. The summed E-state index contributed by atoms with van der Waals surface area (Å²) in [5.74, 6) is -0.569. The lowest BCUT2D eigenvalue weighted by molar-refractivity contribution is 0.0784. The Morgan fingerprint density at radius 2 is 2.11 bits per heavy atom. The SMILES string of the molecule is COc1ccc(C(=O)N(C)Cc2c(C)nn([C@@H]3CCS(=O)(=O)C3)c2C)cc1F. The zero-order valence-corrected chi connectivity index (χ0v) is 17.2. The molecule has 28 heavy (non-hydrogen) atoms. The van der Waals surface area contributed by atoms with Gasteiger partial charge >= 0.3 is 0 Å². The monoisotopic (exact) mass is 409 g/mol. The summed E-state index contributed by atoms with van der Waals surface area (Å²) in [4.78, 5) is 14.2. The van der Waals surface area contributed by atoms with Crippen LogP contribution < -0.4 is 4.74 Å². The first-order valence-corrected chi connectivity index (χ1v) is 10.8. The van der Waals surface area contributed by atoms with Crippen LogP contribution in [-0.4, -0.2) is 54.7 Å². The number of amides is 1. The lowest BCUT2D eigenvalue weighted by Gasteiger charge is -2.18. The Bertz CT molecular complexity index is 1020. The highest BCUT2D eigenvalue weighted by molar-refractivity contribution is 7.91. The van der Waals surface area contributed by atoms with Crippen LogP contribution in [0.2, 0.25) is 0 Å².